The van der Waals surface area contributed by atoms with E-state index in [1.165, 1.54) is 0 Å². The molecule has 0 N–H and O–H groups in total. The molecule has 1 aliphatic heterocycles. The van der Waals surface area contributed by atoms with Crippen LogP contribution in [0.2, 0.25) is 0 Å². The highest BCUT2D eigenvalue weighted by molar-refractivity contribution is 6.02. The number of amides is 1. The van der Waals surface area contributed by atoms with Gasteiger partial charge in [0.2, 0.25) is 5.91 Å². The fourth-order valence-electron chi connectivity index (χ4n) is 3.59. The number of benzene rings is 1. The molecule has 28 heavy (non-hydrogen) atoms. The molecule has 0 radical (unpaired) electrons. The Bertz CT molecular complexity index is 1020. The molecule has 142 valence electrons. The van der Waals surface area contributed by atoms with E-state index in [4.69, 9.17) is 10.1 Å². The molecule has 2 aromatic heterocycles. The summed E-state index contributed by atoms with van der Waals surface area (Å²) in [5, 5.41) is 7.46. The van der Waals surface area contributed by atoms with Gasteiger partial charge in [0.1, 0.15) is 0 Å². The second kappa shape index (κ2) is 8.30. The predicted molar refractivity (Wildman–Crippen MR) is 111 cm³/mol. The SMILES string of the molecule is CCCc1cccc(/C(Cc2ccnc3ccccc23)=N/N2CCCC2=O)n1. The summed E-state index contributed by atoms with van der Waals surface area (Å²) in [6.45, 7) is 2.82. The molecule has 0 saturated carbocycles. The van der Waals surface area contributed by atoms with Crippen LogP contribution in [0, 0.1) is 0 Å². The van der Waals surface area contributed by atoms with Crippen molar-refractivity contribution in [2.24, 2.45) is 5.10 Å². The van der Waals surface area contributed by atoms with Gasteiger partial charge >= 0.3 is 0 Å². The summed E-state index contributed by atoms with van der Waals surface area (Å²) in [5.74, 6) is 0.0850. The summed E-state index contributed by atoms with van der Waals surface area (Å²) < 4.78 is 0. The first-order chi connectivity index (χ1) is 13.7. The van der Waals surface area contributed by atoms with Crippen LogP contribution in [0.4, 0.5) is 0 Å². The van der Waals surface area contributed by atoms with Gasteiger partial charge < -0.3 is 0 Å². The van der Waals surface area contributed by atoms with Crippen molar-refractivity contribution in [2.45, 2.75) is 39.0 Å². The zero-order valence-corrected chi connectivity index (χ0v) is 16.1. The lowest BCUT2D eigenvalue weighted by Crippen LogP contribution is -2.22. The van der Waals surface area contributed by atoms with E-state index < -0.39 is 0 Å². The van der Waals surface area contributed by atoms with Gasteiger partial charge in [-0.2, -0.15) is 5.10 Å². The maximum Gasteiger partial charge on any atom is 0.242 e. The van der Waals surface area contributed by atoms with Crippen LogP contribution >= 0.6 is 0 Å². The molecule has 3 heterocycles. The molecule has 3 aromatic rings. The summed E-state index contributed by atoms with van der Waals surface area (Å²) >= 11 is 0. The van der Waals surface area contributed by atoms with Gasteiger partial charge in [0.15, 0.2) is 0 Å². The van der Waals surface area contributed by atoms with Crippen LogP contribution in [0.5, 0.6) is 0 Å². The first-order valence-corrected chi connectivity index (χ1v) is 9.91. The van der Waals surface area contributed by atoms with Crippen molar-refractivity contribution in [1.29, 1.82) is 0 Å². The van der Waals surface area contributed by atoms with Crippen molar-refractivity contribution in [1.82, 2.24) is 15.0 Å². The fraction of sp³-hybridized carbons (Fsp3) is 0.304. The smallest absolute Gasteiger partial charge is 0.242 e. The molecule has 1 saturated heterocycles. The highest BCUT2D eigenvalue weighted by Crippen LogP contribution is 2.20. The van der Waals surface area contributed by atoms with Crippen LogP contribution in [0.1, 0.15) is 43.1 Å². The van der Waals surface area contributed by atoms with E-state index in [0.29, 0.717) is 19.4 Å². The topological polar surface area (TPSA) is 58.5 Å². The number of para-hydroxylation sites is 1. The van der Waals surface area contributed by atoms with Gasteiger partial charge in [0, 0.05) is 36.7 Å². The zero-order chi connectivity index (χ0) is 19.3. The number of aryl methyl sites for hydroxylation is 1. The number of fused-ring (bicyclic) bond motifs is 1. The van der Waals surface area contributed by atoms with Crippen molar-refractivity contribution >= 4 is 22.5 Å². The third-order valence-electron chi connectivity index (χ3n) is 5.00. The molecule has 4 rings (SSSR count). The van der Waals surface area contributed by atoms with Gasteiger partial charge in [-0.25, -0.2) is 5.01 Å². The summed E-state index contributed by atoms with van der Waals surface area (Å²) in [6, 6.07) is 16.2. The monoisotopic (exact) mass is 372 g/mol. The maximum atomic E-state index is 12.2. The fourth-order valence-corrected chi connectivity index (χ4v) is 3.59. The molecule has 0 spiro atoms. The molecule has 0 atom stereocenters. The van der Waals surface area contributed by atoms with Crippen molar-refractivity contribution in [3.8, 4) is 0 Å². The minimum Gasteiger partial charge on any atom is -0.273 e. The van der Waals surface area contributed by atoms with E-state index in [1.807, 2.05) is 48.7 Å². The Balaban J connectivity index is 1.75. The number of hydrogen-bond acceptors (Lipinski definition) is 4. The second-order valence-corrected chi connectivity index (χ2v) is 7.10. The van der Waals surface area contributed by atoms with E-state index in [1.54, 1.807) is 5.01 Å². The van der Waals surface area contributed by atoms with E-state index >= 15 is 0 Å². The quantitative estimate of drug-likeness (QED) is 0.611. The summed E-state index contributed by atoms with van der Waals surface area (Å²) in [5.41, 5.74) is 4.82. The van der Waals surface area contributed by atoms with Gasteiger partial charge in [-0.05, 0) is 42.7 Å². The maximum absolute atomic E-state index is 12.2. The minimum atomic E-state index is 0.0850. The molecule has 5 heteroatoms. The van der Waals surface area contributed by atoms with Crippen molar-refractivity contribution < 1.29 is 4.79 Å². The number of carbonyl (C=O) groups is 1. The molecule has 0 aliphatic carbocycles. The molecular weight excluding hydrogens is 348 g/mol. The van der Waals surface area contributed by atoms with Crippen LogP contribution in [0.3, 0.4) is 0 Å². The first-order valence-electron chi connectivity index (χ1n) is 9.91. The predicted octanol–water partition coefficient (Wildman–Crippen LogP) is 4.15. The minimum absolute atomic E-state index is 0.0850. The lowest BCUT2D eigenvalue weighted by Gasteiger charge is -2.14. The Hall–Kier alpha value is -3.08. The van der Waals surface area contributed by atoms with Crippen molar-refractivity contribution in [3.63, 3.8) is 0 Å². The lowest BCUT2D eigenvalue weighted by molar-refractivity contribution is -0.127. The van der Waals surface area contributed by atoms with E-state index in [0.717, 1.165) is 52.8 Å². The number of pyridine rings is 2. The van der Waals surface area contributed by atoms with E-state index in [2.05, 4.69) is 18.0 Å². The molecular formula is C23H24N4O. The Morgan fingerprint density at radius 3 is 2.86 bits per heavy atom. The number of hydrazone groups is 1. The standard InChI is InChI=1S/C23H24N4O/c1-2-7-18-8-5-11-21(25-18)22(26-27-15-6-12-23(27)28)16-17-13-14-24-20-10-4-3-9-19(17)20/h3-5,8-11,13-14H,2,6-7,12,15-16H2,1H3/b26-22+. The van der Waals surface area contributed by atoms with Crippen LogP contribution in [-0.4, -0.2) is 33.1 Å². The van der Waals surface area contributed by atoms with Gasteiger partial charge in [0.25, 0.3) is 0 Å². The highest BCUT2D eigenvalue weighted by Gasteiger charge is 2.21. The first kappa shape index (κ1) is 18.3. The molecule has 0 bridgehead atoms. The van der Waals surface area contributed by atoms with Gasteiger partial charge in [-0.15, -0.1) is 0 Å². The van der Waals surface area contributed by atoms with Gasteiger partial charge in [-0.1, -0.05) is 37.6 Å². The number of hydrogen-bond donors (Lipinski definition) is 0. The molecule has 1 aliphatic rings. The summed E-state index contributed by atoms with van der Waals surface area (Å²) in [4.78, 5) is 21.4. The summed E-state index contributed by atoms with van der Waals surface area (Å²) in [7, 11) is 0. The number of aromatic nitrogens is 2. The Kier molecular flexibility index (Phi) is 5.42. The highest BCUT2D eigenvalue weighted by atomic mass is 16.2. The van der Waals surface area contributed by atoms with Crippen LogP contribution < -0.4 is 0 Å². The average Bonchev–Trinajstić information content (AvgIpc) is 3.13. The number of carbonyl (C=O) groups excluding carboxylic acids is 1. The Morgan fingerprint density at radius 2 is 2.04 bits per heavy atom. The Labute approximate surface area is 165 Å². The summed E-state index contributed by atoms with van der Waals surface area (Å²) in [6.07, 6.45) is 5.84. The average molecular weight is 372 g/mol. The largest absolute Gasteiger partial charge is 0.273 e. The second-order valence-electron chi connectivity index (χ2n) is 7.10. The lowest BCUT2D eigenvalue weighted by atomic mass is 10.0. The normalized spacial score (nSPS) is 14.8. The Morgan fingerprint density at radius 1 is 1.14 bits per heavy atom. The zero-order valence-electron chi connectivity index (χ0n) is 16.1. The third-order valence-corrected chi connectivity index (χ3v) is 5.00. The van der Waals surface area contributed by atoms with Crippen molar-refractivity contribution in [3.05, 3.63) is 71.7 Å². The molecule has 5 nitrogen and oxygen atoms in total. The van der Waals surface area contributed by atoms with E-state index in [9.17, 15) is 4.79 Å². The molecule has 1 aromatic carbocycles. The van der Waals surface area contributed by atoms with Crippen LogP contribution in [-0.2, 0) is 17.6 Å². The molecule has 0 unspecified atom stereocenters. The van der Waals surface area contributed by atoms with Crippen LogP contribution in [0.25, 0.3) is 10.9 Å². The van der Waals surface area contributed by atoms with Gasteiger partial charge in [0.05, 0.1) is 16.9 Å². The third kappa shape index (κ3) is 3.93. The number of nitrogens with zero attached hydrogens (tertiary/aromatic N) is 4. The van der Waals surface area contributed by atoms with Gasteiger partial charge in [-0.3, -0.25) is 14.8 Å². The van der Waals surface area contributed by atoms with Crippen molar-refractivity contribution in [2.75, 3.05) is 6.54 Å². The molecule has 1 amide bonds. The van der Waals surface area contributed by atoms with E-state index in [-0.39, 0.29) is 5.91 Å². The van der Waals surface area contributed by atoms with Crippen LogP contribution in [0.15, 0.2) is 59.8 Å². The molecule has 1 fully saturated rings. The number of rotatable bonds is 6.